The number of carboxylic acids is 2. The summed E-state index contributed by atoms with van der Waals surface area (Å²) in [5.74, 6) is -2.71. The number of aliphatic carboxylic acids is 2. The van der Waals surface area contributed by atoms with E-state index in [1.807, 2.05) is 13.8 Å². The Labute approximate surface area is 87.9 Å². The number of hydrogen-bond donors (Lipinski definition) is 2. The van der Waals surface area contributed by atoms with E-state index in [1.54, 1.807) is 0 Å². The Bertz CT molecular complexity index is 191. The molecule has 2 N–H and O–H groups in total. The maximum absolute atomic E-state index is 10.4. The quantitative estimate of drug-likeness (QED) is 0.527. The summed E-state index contributed by atoms with van der Waals surface area (Å²) in [6.07, 6.45) is 0.618. The summed E-state index contributed by atoms with van der Waals surface area (Å²) in [4.78, 5) is 29.3. The minimum Gasteiger partial charge on any atom is -0.481 e. The maximum atomic E-state index is 10.4. The number of ether oxygens (including phenoxy) is 1. The molecule has 88 valence electrons. The van der Waals surface area contributed by atoms with E-state index in [-0.39, 0.29) is 5.97 Å². The summed E-state index contributed by atoms with van der Waals surface area (Å²) < 4.78 is 4.64. The van der Waals surface area contributed by atoms with Crippen LogP contribution in [0.4, 0.5) is 0 Å². The zero-order valence-corrected chi connectivity index (χ0v) is 8.86. The van der Waals surface area contributed by atoms with Gasteiger partial charge in [0.1, 0.15) is 6.42 Å². The third-order valence-electron chi connectivity index (χ3n) is 1.06. The Morgan fingerprint density at radius 1 is 1.07 bits per heavy atom. The molecule has 0 heterocycles. The van der Waals surface area contributed by atoms with Crippen molar-refractivity contribution in [3.63, 3.8) is 0 Å². The van der Waals surface area contributed by atoms with Gasteiger partial charge >= 0.3 is 17.9 Å². The van der Waals surface area contributed by atoms with Gasteiger partial charge in [0, 0.05) is 6.42 Å². The summed E-state index contributed by atoms with van der Waals surface area (Å²) in [7, 11) is 0. The molecule has 0 spiro atoms. The van der Waals surface area contributed by atoms with Crippen LogP contribution in [0.1, 0.15) is 33.1 Å². The van der Waals surface area contributed by atoms with Crippen molar-refractivity contribution in [1.82, 2.24) is 0 Å². The molecule has 6 heteroatoms. The fourth-order valence-electron chi connectivity index (χ4n) is 0.567. The standard InChI is InChI=1S/C6H12O2.C3H4O4/c1-3-5-6(7)8-4-2;4-2(5)1-3(6)7/h3-5H2,1-2H3;1H2,(H,4,5)(H,6,7). The minimum atomic E-state index is -1.31. The third-order valence-corrected chi connectivity index (χ3v) is 1.06. The van der Waals surface area contributed by atoms with Gasteiger partial charge in [-0.2, -0.15) is 0 Å². The normalized spacial score (nSPS) is 8.40. The first-order valence-electron chi connectivity index (χ1n) is 4.53. The summed E-state index contributed by atoms with van der Waals surface area (Å²) >= 11 is 0. The molecule has 0 rings (SSSR count). The van der Waals surface area contributed by atoms with E-state index in [4.69, 9.17) is 10.2 Å². The van der Waals surface area contributed by atoms with Gasteiger partial charge in [-0.05, 0) is 13.3 Å². The van der Waals surface area contributed by atoms with Crippen LogP contribution < -0.4 is 0 Å². The summed E-state index contributed by atoms with van der Waals surface area (Å²) in [6.45, 7) is 4.27. The molecule has 0 bridgehead atoms. The van der Waals surface area contributed by atoms with Crippen LogP contribution in [0.5, 0.6) is 0 Å². The average Bonchev–Trinajstić information content (AvgIpc) is 2.03. The lowest BCUT2D eigenvalue weighted by Gasteiger charge is -1.96. The molecule has 0 aliphatic heterocycles. The van der Waals surface area contributed by atoms with E-state index in [1.165, 1.54) is 0 Å². The van der Waals surface area contributed by atoms with E-state index in [2.05, 4.69) is 4.74 Å². The monoisotopic (exact) mass is 220 g/mol. The van der Waals surface area contributed by atoms with Crippen molar-refractivity contribution < 1.29 is 29.3 Å². The molecule has 0 aliphatic carbocycles. The van der Waals surface area contributed by atoms with Crippen molar-refractivity contribution in [2.75, 3.05) is 6.61 Å². The molecule has 0 aromatic heterocycles. The van der Waals surface area contributed by atoms with Gasteiger partial charge < -0.3 is 14.9 Å². The van der Waals surface area contributed by atoms with Crippen LogP contribution >= 0.6 is 0 Å². The minimum absolute atomic E-state index is 0.0880. The molecule has 15 heavy (non-hydrogen) atoms. The number of hydrogen-bond acceptors (Lipinski definition) is 4. The van der Waals surface area contributed by atoms with Crippen molar-refractivity contribution in [3.8, 4) is 0 Å². The molecule has 0 radical (unpaired) electrons. The van der Waals surface area contributed by atoms with Crippen LogP contribution in [0.15, 0.2) is 0 Å². The smallest absolute Gasteiger partial charge is 0.314 e. The van der Waals surface area contributed by atoms with Gasteiger partial charge in [-0.1, -0.05) is 6.92 Å². The molecule has 0 saturated heterocycles. The van der Waals surface area contributed by atoms with Gasteiger partial charge in [0.25, 0.3) is 0 Å². The number of rotatable bonds is 5. The lowest BCUT2D eigenvalue weighted by Crippen LogP contribution is -2.03. The van der Waals surface area contributed by atoms with E-state index >= 15 is 0 Å². The highest BCUT2D eigenvalue weighted by Crippen LogP contribution is 1.89. The number of carbonyl (C=O) groups is 3. The Balaban J connectivity index is 0. The van der Waals surface area contributed by atoms with Crippen LogP contribution in [0, 0.1) is 0 Å². The maximum Gasteiger partial charge on any atom is 0.314 e. The Kier molecular flexibility index (Phi) is 11.1. The van der Waals surface area contributed by atoms with E-state index in [0.717, 1.165) is 6.42 Å². The first-order valence-corrected chi connectivity index (χ1v) is 4.53. The molecule has 6 nitrogen and oxygen atoms in total. The van der Waals surface area contributed by atoms with Crippen molar-refractivity contribution in [1.29, 1.82) is 0 Å². The second-order valence-electron chi connectivity index (χ2n) is 2.52. The summed E-state index contributed by atoms with van der Waals surface area (Å²) in [5.41, 5.74) is 0. The lowest BCUT2D eigenvalue weighted by molar-refractivity contribution is -0.147. The second-order valence-corrected chi connectivity index (χ2v) is 2.52. The van der Waals surface area contributed by atoms with Gasteiger partial charge in [-0.25, -0.2) is 0 Å². The van der Waals surface area contributed by atoms with Gasteiger partial charge in [0.2, 0.25) is 0 Å². The van der Waals surface area contributed by atoms with Crippen molar-refractivity contribution >= 4 is 17.9 Å². The van der Waals surface area contributed by atoms with E-state index in [0.29, 0.717) is 13.0 Å². The molecule has 0 fully saturated rings. The molecule has 0 amide bonds. The van der Waals surface area contributed by atoms with Crippen molar-refractivity contribution in [3.05, 3.63) is 0 Å². The van der Waals surface area contributed by atoms with Gasteiger partial charge in [-0.3, -0.25) is 14.4 Å². The van der Waals surface area contributed by atoms with Gasteiger partial charge in [-0.15, -0.1) is 0 Å². The SMILES string of the molecule is CCCC(=O)OCC.O=C(O)CC(=O)O. The Hall–Kier alpha value is -1.59. The molecule has 0 atom stereocenters. The molecule has 0 unspecified atom stereocenters. The predicted molar refractivity (Wildman–Crippen MR) is 51.4 cm³/mol. The fourth-order valence-corrected chi connectivity index (χ4v) is 0.567. The number of carboxylic acid groups (broad SMARTS) is 2. The van der Waals surface area contributed by atoms with E-state index in [9.17, 15) is 14.4 Å². The number of esters is 1. The average molecular weight is 220 g/mol. The van der Waals surface area contributed by atoms with Crippen LogP contribution in [0.2, 0.25) is 0 Å². The fraction of sp³-hybridized carbons (Fsp3) is 0.667. The first kappa shape index (κ1) is 15.9. The first-order chi connectivity index (χ1) is 6.93. The second kappa shape index (κ2) is 10.5. The van der Waals surface area contributed by atoms with Crippen molar-refractivity contribution in [2.24, 2.45) is 0 Å². The summed E-state index contributed by atoms with van der Waals surface area (Å²) in [6, 6.07) is 0. The molecule has 0 aromatic rings. The van der Waals surface area contributed by atoms with E-state index < -0.39 is 18.4 Å². The molecular formula is C9H16O6. The highest BCUT2D eigenvalue weighted by Gasteiger charge is 2.01. The van der Waals surface area contributed by atoms with Gasteiger partial charge in [0.15, 0.2) is 0 Å². The third kappa shape index (κ3) is 19.0. The predicted octanol–water partition coefficient (Wildman–Crippen LogP) is 0.895. The molecule has 0 aliphatic rings. The van der Waals surface area contributed by atoms with Crippen molar-refractivity contribution in [2.45, 2.75) is 33.1 Å². The van der Waals surface area contributed by atoms with Crippen LogP contribution in [-0.4, -0.2) is 34.7 Å². The topological polar surface area (TPSA) is 101 Å². The largest absolute Gasteiger partial charge is 0.481 e. The highest BCUT2D eigenvalue weighted by molar-refractivity contribution is 5.88. The molecule has 0 aromatic carbocycles. The Morgan fingerprint density at radius 2 is 1.53 bits per heavy atom. The highest BCUT2D eigenvalue weighted by atomic mass is 16.5. The summed E-state index contributed by atoms with van der Waals surface area (Å²) in [5, 5.41) is 15.4. The lowest BCUT2D eigenvalue weighted by atomic mass is 10.3. The number of carbonyl (C=O) groups excluding carboxylic acids is 1. The van der Waals surface area contributed by atoms with Crippen LogP contribution in [0.3, 0.4) is 0 Å². The van der Waals surface area contributed by atoms with Crippen LogP contribution in [-0.2, 0) is 19.1 Å². The van der Waals surface area contributed by atoms with Crippen LogP contribution in [0.25, 0.3) is 0 Å². The Morgan fingerprint density at radius 3 is 1.73 bits per heavy atom. The zero-order valence-electron chi connectivity index (χ0n) is 8.86. The molecule has 0 saturated carbocycles. The zero-order chi connectivity index (χ0) is 12.3. The van der Waals surface area contributed by atoms with Gasteiger partial charge in [0.05, 0.1) is 6.61 Å². The molecular weight excluding hydrogens is 204 g/mol.